The van der Waals surface area contributed by atoms with Crippen LogP contribution in [0.1, 0.15) is 37.0 Å². The second-order valence-electron chi connectivity index (χ2n) is 7.02. The standard InChI is InChI=1S/C21H26N2O3S/c1-3-23(19-9-5-4-6-10-19)21(24)18-11-13-20(14-12-18)27(25,26)22-15-7-8-17(2)16-22/h4-6,9-14,17H,3,7-8,15-16H2,1-2H3. The van der Waals surface area contributed by atoms with Crippen molar-refractivity contribution in [3.63, 3.8) is 0 Å². The fraction of sp³-hybridized carbons (Fsp3) is 0.381. The lowest BCUT2D eigenvalue weighted by Gasteiger charge is -2.30. The topological polar surface area (TPSA) is 57.7 Å². The van der Waals surface area contributed by atoms with Gasteiger partial charge in [0.25, 0.3) is 5.91 Å². The van der Waals surface area contributed by atoms with Crippen LogP contribution in [0.4, 0.5) is 5.69 Å². The van der Waals surface area contributed by atoms with Gasteiger partial charge in [-0.15, -0.1) is 0 Å². The monoisotopic (exact) mass is 386 g/mol. The predicted molar refractivity (Wildman–Crippen MR) is 107 cm³/mol. The highest BCUT2D eigenvalue weighted by molar-refractivity contribution is 7.89. The zero-order valence-electron chi connectivity index (χ0n) is 15.8. The Kier molecular flexibility index (Phi) is 5.97. The normalized spacial score (nSPS) is 18.2. The average molecular weight is 387 g/mol. The second-order valence-corrected chi connectivity index (χ2v) is 8.96. The van der Waals surface area contributed by atoms with Crippen molar-refractivity contribution in [2.45, 2.75) is 31.6 Å². The first-order valence-corrected chi connectivity index (χ1v) is 10.8. The molecule has 0 spiro atoms. The van der Waals surface area contributed by atoms with Crippen LogP contribution in [0.15, 0.2) is 59.5 Å². The third-order valence-electron chi connectivity index (χ3n) is 4.99. The Morgan fingerprint density at radius 3 is 2.37 bits per heavy atom. The van der Waals surface area contributed by atoms with Crippen molar-refractivity contribution in [1.82, 2.24) is 4.31 Å². The van der Waals surface area contributed by atoms with E-state index >= 15 is 0 Å². The van der Waals surface area contributed by atoms with Crippen LogP contribution < -0.4 is 4.90 Å². The van der Waals surface area contributed by atoms with E-state index in [9.17, 15) is 13.2 Å². The van der Waals surface area contributed by atoms with E-state index in [1.807, 2.05) is 37.3 Å². The number of piperidine rings is 1. The first-order valence-electron chi connectivity index (χ1n) is 9.40. The Labute approximate surface area is 161 Å². The largest absolute Gasteiger partial charge is 0.309 e. The molecule has 3 rings (SSSR count). The van der Waals surface area contributed by atoms with Gasteiger partial charge in [0.05, 0.1) is 4.90 Å². The summed E-state index contributed by atoms with van der Waals surface area (Å²) in [6.07, 6.45) is 1.95. The van der Waals surface area contributed by atoms with Gasteiger partial charge < -0.3 is 4.90 Å². The van der Waals surface area contributed by atoms with Crippen molar-refractivity contribution in [2.24, 2.45) is 5.92 Å². The molecule has 1 aliphatic rings. The van der Waals surface area contributed by atoms with Gasteiger partial charge in [-0.25, -0.2) is 8.42 Å². The summed E-state index contributed by atoms with van der Waals surface area (Å²) in [5.41, 5.74) is 1.30. The molecule has 1 aliphatic heterocycles. The van der Waals surface area contributed by atoms with Gasteiger partial charge in [0, 0.05) is 30.9 Å². The van der Waals surface area contributed by atoms with E-state index in [0.29, 0.717) is 31.1 Å². The molecule has 27 heavy (non-hydrogen) atoms. The third-order valence-corrected chi connectivity index (χ3v) is 6.87. The van der Waals surface area contributed by atoms with Crippen LogP contribution in [-0.2, 0) is 10.0 Å². The van der Waals surface area contributed by atoms with Gasteiger partial charge in [-0.1, -0.05) is 25.1 Å². The molecule has 144 valence electrons. The SMILES string of the molecule is CCN(C(=O)c1ccc(S(=O)(=O)N2CCCC(C)C2)cc1)c1ccccc1. The Bertz CT molecular complexity index is 879. The van der Waals surface area contributed by atoms with E-state index in [1.54, 1.807) is 33.5 Å². The molecule has 0 radical (unpaired) electrons. The minimum atomic E-state index is -3.51. The van der Waals surface area contributed by atoms with Crippen molar-refractivity contribution < 1.29 is 13.2 Å². The Balaban J connectivity index is 1.81. The zero-order valence-corrected chi connectivity index (χ0v) is 16.7. The van der Waals surface area contributed by atoms with E-state index in [2.05, 4.69) is 6.92 Å². The van der Waals surface area contributed by atoms with E-state index in [1.165, 1.54) is 0 Å². The molecule has 1 atom stereocenters. The minimum Gasteiger partial charge on any atom is -0.309 e. The second kappa shape index (κ2) is 8.23. The number of benzene rings is 2. The highest BCUT2D eigenvalue weighted by atomic mass is 32.2. The van der Waals surface area contributed by atoms with Crippen LogP contribution in [0.3, 0.4) is 0 Å². The van der Waals surface area contributed by atoms with Crippen molar-refractivity contribution in [3.8, 4) is 0 Å². The Morgan fingerprint density at radius 1 is 1.11 bits per heavy atom. The third kappa shape index (κ3) is 4.22. The number of para-hydroxylation sites is 1. The first kappa shape index (κ1) is 19.6. The lowest BCUT2D eigenvalue weighted by atomic mass is 10.0. The quantitative estimate of drug-likeness (QED) is 0.786. The molecule has 0 aliphatic carbocycles. The fourth-order valence-corrected chi connectivity index (χ4v) is 5.09. The van der Waals surface area contributed by atoms with Gasteiger partial charge in [-0.2, -0.15) is 4.31 Å². The molecule has 0 aromatic heterocycles. The first-order chi connectivity index (χ1) is 12.9. The van der Waals surface area contributed by atoms with Crippen LogP contribution in [0, 0.1) is 5.92 Å². The number of anilines is 1. The van der Waals surface area contributed by atoms with E-state index in [0.717, 1.165) is 18.5 Å². The maximum absolute atomic E-state index is 12.9. The minimum absolute atomic E-state index is 0.140. The van der Waals surface area contributed by atoms with Gasteiger partial charge in [0.2, 0.25) is 10.0 Å². The summed E-state index contributed by atoms with van der Waals surface area (Å²) in [5, 5.41) is 0. The molecule has 1 unspecified atom stereocenters. The van der Waals surface area contributed by atoms with E-state index in [-0.39, 0.29) is 10.8 Å². The average Bonchev–Trinajstić information content (AvgIpc) is 2.69. The number of amides is 1. The summed E-state index contributed by atoms with van der Waals surface area (Å²) in [7, 11) is -3.51. The highest BCUT2D eigenvalue weighted by Crippen LogP contribution is 2.24. The summed E-state index contributed by atoms with van der Waals surface area (Å²) in [5.74, 6) is 0.234. The molecule has 1 saturated heterocycles. The van der Waals surface area contributed by atoms with Gasteiger partial charge in [-0.3, -0.25) is 4.79 Å². The Hall–Kier alpha value is -2.18. The molecule has 1 fully saturated rings. The van der Waals surface area contributed by atoms with Gasteiger partial charge in [0.15, 0.2) is 0 Å². The number of nitrogens with zero attached hydrogens (tertiary/aromatic N) is 2. The zero-order chi connectivity index (χ0) is 19.4. The van der Waals surface area contributed by atoms with E-state index in [4.69, 9.17) is 0 Å². The Morgan fingerprint density at radius 2 is 1.78 bits per heavy atom. The van der Waals surface area contributed by atoms with Gasteiger partial charge in [0.1, 0.15) is 0 Å². The molecule has 0 bridgehead atoms. The molecule has 1 heterocycles. The predicted octanol–water partition coefficient (Wildman–Crippen LogP) is 3.77. The number of sulfonamides is 1. The molecule has 0 saturated carbocycles. The summed E-state index contributed by atoms with van der Waals surface area (Å²) < 4.78 is 27.3. The van der Waals surface area contributed by atoms with Crippen LogP contribution in [0.2, 0.25) is 0 Å². The number of hydrogen-bond acceptors (Lipinski definition) is 3. The van der Waals surface area contributed by atoms with Crippen molar-refractivity contribution in [1.29, 1.82) is 0 Å². The highest BCUT2D eigenvalue weighted by Gasteiger charge is 2.28. The molecule has 2 aromatic carbocycles. The van der Waals surface area contributed by atoms with Crippen LogP contribution >= 0.6 is 0 Å². The number of rotatable bonds is 5. The molecule has 5 nitrogen and oxygen atoms in total. The van der Waals surface area contributed by atoms with Gasteiger partial charge >= 0.3 is 0 Å². The number of carbonyl (C=O) groups is 1. The molecular formula is C21H26N2O3S. The fourth-order valence-electron chi connectivity index (χ4n) is 3.49. The number of carbonyl (C=O) groups excluding carboxylic acids is 1. The molecule has 2 aromatic rings. The maximum Gasteiger partial charge on any atom is 0.258 e. The molecular weight excluding hydrogens is 360 g/mol. The summed E-state index contributed by atoms with van der Waals surface area (Å²) in [6.45, 7) is 5.65. The van der Waals surface area contributed by atoms with Crippen LogP contribution in [0.5, 0.6) is 0 Å². The van der Waals surface area contributed by atoms with Gasteiger partial charge in [-0.05, 0) is 62.1 Å². The van der Waals surface area contributed by atoms with Crippen molar-refractivity contribution in [3.05, 3.63) is 60.2 Å². The summed E-state index contributed by atoms with van der Waals surface area (Å²) >= 11 is 0. The smallest absolute Gasteiger partial charge is 0.258 e. The van der Waals surface area contributed by atoms with Crippen molar-refractivity contribution in [2.75, 3.05) is 24.5 Å². The van der Waals surface area contributed by atoms with Crippen molar-refractivity contribution >= 4 is 21.6 Å². The van der Waals surface area contributed by atoms with Crippen LogP contribution in [0.25, 0.3) is 0 Å². The van der Waals surface area contributed by atoms with Crippen LogP contribution in [-0.4, -0.2) is 38.3 Å². The summed E-state index contributed by atoms with van der Waals surface area (Å²) in [6, 6.07) is 15.8. The molecule has 0 N–H and O–H groups in total. The lowest BCUT2D eigenvalue weighted by molar-refractivity contribution is 0.0988. The van der Waals surface area contributed by atoms with E-state index < -0.39 is 10.0 Å². The molecule has 1 amide bonds. The lowest BCUT2D eigenvalue weighted by Crippen LogP contribution is -2.39. The maximum atomic E-state index is 12.9. The summed E-state index contributed by atoms with van der Waals surface area (Å²) in [4.78, 5) is 14.8. The molecule has 6 heteroatoms. The number of hydrogen-bond donors (Lipinski definition) is 0.